The van der Waals surface area contributed by atoms with Crippen LogP contribution in [0.25, 0.3) is 5.82 Å². The summed E-state index contributed by atoms with van der Waals surface area (Å²) >= 11 is 1.73. The van der Waals surface area contributed by atoms with Crippen molar-refractivity contribution in [1.29, 1.82) is 0 Å². The molecule has 0 atom stereocenters. The molecule has 28 heavy (non-hydrogen) atoms. The smallest absolute Gasteiger partial charge is 0.276 e. The molecule has 0 saturated heterocycles. The first kappa shape index (κ1) is 18.8. The number of rotatable bonds is 5. The number of aromatic amines is 1. The average molecular weight is 417 g/mol. The second kappa shape index (κ2) is 7.48. The van der Waals surface area contributed by atoms with Gasteiger partial charge in [0.2, 0.25) is 0 Å². The summed E-state index contributed by atoms with van der Waals surface area (Å²) in [6.45, 7) is 2.09. The van der Waals surface area contributed by atoms with E-state index in [1.807, 2.05) is 6.07 Å². The maximum Gasteiger partial charge on any atom is 0.276 e. The van der Waals surface area contributed by atoms with Crippen molar-refractivity contribution in [3.8, 4) is 5.82 Å². The molecule has 1 aliphatic heterocycles. The quantitative estimate of drug-likeness (QED) is 0.691. The van der Waals surface area contributed by atoms with Crippen molar-refractivity contribution in [1.82, 2.24) is 14.8 Å². The highest BCUT2D eigenvalue weighted by atomic mass is 32.2. The topological polar surface area (TPSA) is 88.1 Å². The molecule has 3 aromatic rings. The van der Waals surface area contributed by atoms with E-state index in [0.717, 1.165) is 23.4 Å². The molecule has 0 unspecified atom stereocenters. The molecule has 146 valence electrons. The average Bonchev–Trinajstić information content (AvgIpc) is 3.06. The molecule has 0 spiro atoms. The van der Waals surface area contributed by atoms with Crippen LogP contribution in [0.2, 0.25) is 0 Å². The van der Waals surface area contributed by atoms with Gasteiger partial charge in [-0.05, 0) is 43.4 Å². The molecular formula is C19H20N4O3S2. The lowest BCUT2D eigenvalue weighted by atomic mass is 10.2. The zero-order valence-corrected chi connectivity index (χ0v) is 17.0. The van der Waals surface area contributed by atoms with Crippen LogP contribution in [-0.4, -0.2) is 35.5 Å². The summed E-state index contributed by atoms with van der Waals surface area (Å²) in [7, 11) is -3.75. The van der Waals surface area contributed by atoms with Gasteiger partial charge in [-0.1, -0.05) is 18.2 Å². The summed E-state index contributed by atoms with van der Waals surface area (Å²) in [6.07, 6.45) is 2.12. The van der Waals surface area contributed by atoms with Crippen molar-refractivity contribution in [2.45, 2.75) is 24.0 Å². The number of hydrogen-bond donors (Lipinski definition) is 1. The Morgan fingerprint density at radius 2 is 2.00 bits per heavy atom. The number of fused-ring (bicyclic) bond motifs is 1. The van der Waals surface area contributed by atoms with Crippen LogP contribution in [0.4, 0.5) is 5.69 Å². The number of hydrogen-bond acceptors (Lipinski definition) is 5. The van der Waals surface area contributed by atoms with Gasteiger partial charge in [0.25, 0.3) is 15.6 Å². The van der Waals surface area contributed by atoms with Crippen LogP contribution in [0.1, 0.15) is 18.2 Å². The number of sulfonamides is 1. The van der Waals surface area contributed by atoms with E-state index in [9.17, 15) is 13.2 Å². The monoisotopic (exact) mass is 416 g/mol. The van der Waals surface area contributed by atoms with E-state index in [0.29, 0.717) is 23.8 Å². The van der Waals surface area contributed by atoms with E-state index in [-0.39, 0.29) is 10.5 Å². The molecule has 0 radical (unpaired) electrons. The normalized spacial score (nSPS) is 13.9. The lowest BCUT2D eigenvalue weighted by Gasteiger charge is -2.22. The highest BCUT2D eigenvalue weighted by Gasteiger charge is 2.24. The molecule has 3 heterocycles. The first-order chi connectivity index (χ1) is 13.5. The molecule has 0 bridgehead atoms. The van der Waals surface area contributed by atoms with Gasteiger partial charge in [-0.15, -0.1) is 0 Å². The van der Waals surface area contributed by atoms with Crippen molar-refractivity contribution >= 4 is 27.5 Å². The number of thioether (sulfide) groups is 1. The lowest BCUT2D eigenvalue weighted by molar-refractivity contribution is 0.591. The van der Waals surface area contributed by atoms with Crippen LogP contribution >= 0.6 is 11.8 Å². The van der Waals surface area contributed by atoms with E-state index in [4.69, 9.17) is 0 Å². The number of aryl methyl sites for hydroxylation is 1. The van der Waals surface area contributed by atoms with Crippen LogP contribution in [-0.2, 0) is 22.2 Å². The van der Waals surface area contributed by atoms with Crippen LogP contribution in [0.5, 0.6) is 0 Å². The first-order valence-electron chi connectivity index (χ1n) is 8.97. The van der Waals surface area contributed by atoms with Crippen LogP contribution in [0.3, 0.4) is 0 Å². The Hall–Kier alpha value is -2.52. The Morgan fingerprint density at radius 3 is 2.64 bits per heavy atom. The Labute approximate surface area is 167 Å². The summed E-state index contributed by atoms with van der Waals surface area (Å²) in [6, 6.07) is 12.0. The van der Waals surface area contributed by atoms with Gasteiger partial charge in [0.05, 0.1) is 11.3 Å². The number of aromatic nitrogens is 3. The minimum Gasteiger partial charge on any atom is -0.293 e. The third kappa shape index (κ3) is 3.24. The molecule has 0 fully saturated rings. The third-order valence-electron chi connectivity index (χ3n) is 4.68. The summed E-state index contributed by atoms with van der Waals surface area (Å²) < 4.78 is 28.8. The molecule has 1 aromatic carbocycles. The lowest BCUT2D eigenvalue weighted by Crippen LogP contribution is -2.30. The highest BCUT2D eigenvalue weighted by Crippen LogP contribution is 2.24. The maximum atomic E-state index is 13.0. The largest absolute Gasteiger partial charge is 0.293 e. The SMILES string of the molecule is CCN(c1ccccc1)S(=O)(=O)c1ccc(-n2[nH]c3c(c2=O)CSCC3)nc1. The molecule has 0 amide bonds. The van der Waals surface area contributed by atoms with E-state index in [1.165, 1.54) is 21.3 Å². The van der Waals surface area contributed by atoms with Crippen molar-refractivity contribution in [3.05, 3.63) is 70.3 Å². The number of anilines is 1. The Bertz CT molecular complexity index is 1140. The van der Waals surface area contributed by atoms with Crippen LogP contribution in [0.15, 0.2) is 58.4 Å². The molecule has 2 aromatic heterocycles. The summed E-state index contributed by atoms with van der Waals surface area (Å²) in [4.78, 5) is 16.9. The predicted molar refractivity (Wildman–Crippen MR) is 111 cm³/mol. The van der Waals surface area contributed by atoms with Crippen molar-refractivity contribution < 1.29 is 8.42 Å². The summed E-state index contributed by atoms with van der Waals surface area (Å²) in [5.74, 6) is 2.04. The second-order valence-corrected chi connectivity index (χ2v) is 9.34. The van der Waals surface area contributed by atoms with Crippen molar-refractivity contribution in [3.63, 3.8) is 0 Å². The number of nitrogens with zero attached hydrogens (tertiary/aromatic N) is 3. The zero-order chi connectivity index (χ0) is 19.7. The molecule has 7 nitrogen and oxygen atoms in total. The number of pyridine rings is 1. The number of nitrogens with one attached hydrogen (secondary N) is 1. The molecule has 9 heteroatoms. The fourth-order valence-corrected chi connectivity index (χ4v) is 5.67. The van der Waals surface area contributed by atoms with Crippen LogP contribution < -0.4 is 9.86 Å². The zero-order valence-electron chi connectivity index (χ0n) is 15.3. The van der Waals surface area contributed by atoms with Gasteiger partial charge in [-0.25, -0.2) is 18.1 Å². The molecule has 0 saturated carbocycles. The minimum absolute atomic E-state index is 0.0851. The molecule has 0 aliphatic carbocycles. The predicted octanol–water partition coefficient (Wildman–Crippen LogP) is 2.57. The Balaban J connectivity index is 1.68. The highest BCUT2D eigenvalue weighted by molar-refractivity contribution is 7.98. The van der Waals surface area contributed by atoms with E-state index in [1.54, 1.807) is 49.0 Å². The van der Waals surface area contributed by atoms with Gasteiger partial charge in [-0.3, -0.25) is 14.2 Å². The fraction of sp³-hybridized carbons (Fsp3) is 0.263. The number of benzene rings is 1. The molecule has 1 aliphatic rings. The molecule has 4 rings (SSSR count). The minimum atomic E-state index is -3.75. The second-order valence-electron chi connectivity index (χ2n) is 6.37. The third-order valence-corrected chi connectivity index (χ3v) is 7.56. The molecule has 1 N–H and O–H groups in total. The van der Waals surface area contributed by atoms with E-state index < -0.39 is 10.0 Å². The standard InChI is InChI=1S/C19H20N4O3S2/c1-2-22(14-6-4-3-5-7-14)28(25,26)15-8-9-18(20-12-15)23-19(24)16-13-27-11-10-17(16)21-23/h3-9,12,21H,2,10-11,13H2,1H3. The van der Waals surface area contributed by atoms with E-state index in [2.05, 4.69) is 10.1 Å². The van der Waals surface area contributed by atoms with Gasteiger partial charge in [0.15, 0.2) is 5.82 Å². The van der Waals surface area contributed by atoms with Gasteiger partial charge in [-0.2, -0.15) is 11.8 Å². The van der Waals surface area contributed by atoms with Gasteiger partial charge >= 0.3 is 0 Å². The number of H-pyrrole nitrogens is 1. The first-order valence-corrected chi connectivity index (χ1v) is 11.6. The number of para-hydroxylation sites is 1. The summed E-state index contributed by atoms with van der Waals surface area (Å²) in [5.41, 5.74) is 2.18. The van der Waals surface area contributed by atoms with Crippen molar-refractivity contribution in [2.24, 2.45) is 0 Å². The molecular weight excluding hydrogens is 396 g/mol. The van der Waals surface area contributed by atoms with Crippen LogP contribution in [0, 0.1) is 0 Å². The van der Waals surface area contributed by atoms with E-state index >= 15 is 0 Å². The van der Waals surface area contributed by atoms with Crippen molar-refractivity contribution in [2.75, 3.05) is 16.6 Å². The maximum absolute atomic E-state index is 13.0. The Kier molecular flexibility index (Phi) is 5.03. The van der Waals surface area contributed by atoms with Gasteiger partial charge in [0.1, 0.15) is 4.90 Å². The summed E-state index contributed by atoms with van der Waals surface area (Å²) in [5, 5.41) is 3.10. The van der Waals surface area contributed by atoms with Gasteiger partial charge in [0, 0.05) is 24.2 Å². The fourth-order valence-electron chi connectivity index (χ4n) is 3.25. The Morgan fingerprint density at radius 1 is 1.21 bits per heavy atom. The van der Waals surface area contributed by atoms with Gasteiger partial charge < -0.3 is 0 Å².